The third-order valence-electron chi connectivity index (χ3n) is 4.97. The highest BCUT2D eigenvalue weighted by molar-refractivity contribution is 6.30. The Bertz CT molecular complexity index is 610. The normalized spacial score (nSPS) is 26.8. The van der Waals surface area contributed by atoms with Crippen molar-refractivity contribution in [3.05, 3.63) is 34.9 Å². The number of rotatable bonds is 6. The van der Waals surface area contributed by atoms with E-state index in [0.717, 1.165) is 5.56 Å². The maximum atomic E-state index is 13.3. The Kier molecular flexibility index (Phi) is 5.68. The molecule has 1 aliphatic carbocycles. The number of methoxy groups -OCH3 is 3. The van der Waals surface area contributed by atoms with Crippen LogP contribution >= 0.6 is 11.6 Å². The topological polar surface area (TPSA) is 61.8 Å². The Labute approximate surface area is 147 Å². The third kappa shape index (κ3) is 3.08. The van der Waals surface area contributed by atoms with Crippen molar-refractivity contribution in [1.29, 1.82) is 0 Å². The number of Topliss-reactive ketones (excluding diaryl/α,β-unsaturated/α-hetero) is 1. The van der Waals surface area contributed by atoms with Crippen molar-refractivity contribution in [3.8, 4) is 0 Å². The van der Waals surface area contributed by atoms with Crippen molar-refractivity contribution in [2.24, 2.45) is 10.8 Å². The molecule has 1 aromatic carbocycles. The highest BCUT2D eigenvalue weighted by atomic mass is 35.5. The largest absolute Gasteiger partial charge is 0.468 e. The Hall–Kier alpha value is -1.43. The molecule has 2 atom stereocenters. The van der Waals surface area contributed by atoms with Crippen molar-refractivity contribution in [2.45, 2.75) is 32.5 Å². The second kappa shape index (κ2) is 7.21. The summed E-state index contributed by atoms with van der Waals surface area (Å²) < 4.78 is 15.6. The van der Waals surface area contributed by atoms with Crippen LogP contribution in [0.4, 0.5) is 0 Å². The van der Waals surface area contributed by atoms with Crippen LogP contribution in [-0.2, 0) is 30.2 Å². The molecule has 0 saturated heterocycles. The summed E-state index contributed by atoms with van der Waals surface area (Å²) in [5.41, 5.74) is -1.27. The first-order valence-electron chi connectivity index (χ1n) is 7.77. The lowest BCUT2D eigenvalue weighted by atomic mass is 9.74. The van der Waals surface area contributed by atoms with Crippen LogP contribution < -0.4 is 0 Å². The summed E-state index contributed by atoms with van der Waals surface area (Å²) in [7, 11) is 4.28. The van der Waals surface area contributed by atoms with Gasteiger partial charge in [0.2, 0.25) is 0 Å². The molecular weight excluding hydrogens is 332 g/mol. The second-order valence-corrected chi connectivity index (χ2v) is 6.86. The average molecular weight is 355 g/mol. The van der Waals surface area contributed by atoms with E-state index >= 15 is 0 Å². The highest BCUT2D eigenvalue weighted by Crippen LogP contribution is 2.51. The number of carbonyl (C=O) groups excluding carboxylic acids is 2. The molecule has 0 amide bonds. The smallest absolute Gasteiger partial charge is 0.319 e. The van der Waals surface area contributed by atoms with E-state index in [4.69, 9.17) is 25.8 Å². The lowest BCUT2D eigenvalue weighted by molar-refractivity contribution is -0.183. The van der Waals surface area contributed by atoms with E-state index in [1.165, 1.54) is 21.3 Å². The van der Waals surface area contributed by atoms with Gasteiger partial charge in [-0.3, -0.25) is 9.59 Å². The van der Waals surface area contributed by atoms with Gasteiger partial charge in [0.1, 0.15) is 5.41 Å². The minimum absolute atomic E-state index is 0.203. The monoisotopic (exact) mass is 354 g/mol. The first kappa shape index (κ1) is 18.9. The molecule has 1 aromatic rings. The molecule has 0 heterocycles. The van der Waals surface area contributed by atoms with Crippen LogP contribution in [0.5, 0.6) is 0 Å². The van der Waals surface area contributed by atoms with E-state index in [2.05, 4.69) is 0 Å². The summed E-state index contributed by atoms with van der Waals surface area (Å²) in [4.78, 5) is 25.8. The molecule has 1 aliphatic rings. The van der Waals surface area contributed by atoms with Gasteiger partial charge in [0, 0.05) is 19.2 Å². The van der Waals surface area contributed by atoms with Crippen LogP contribution in [0.15, 0.2) is 24.3 Å². The van der Waals surface area contributed by atoms with Crippen molar-refractivity contribution >= 4 is 23.4 Å². The predicted molar refractivity (Wildman–Crippen MR) is 89.8 cm³/mol. The summed E-state index contributed by atoms with van der Waals surface area (Å²) in [5.74, 6) is -0.720. The molecule has 0 aromatic heterocycles. The van der Waals surface area contributed by atoms with Crippen LogP contribution in [0.25, 0.3) is 0 Å². The van der Waals surface area contributed by atoms with Crippen LogP contribution in [0.1, 0.15) is 25.3 Å². The standard InChI is InChI=1S/C18H23ClO5/c1-17(16(23-3)24-4)9-10-18(14(17)20,15(21)22-2)11-12-5-7-13(19)8-6-12/h5-8,16H,9-11H2,1-4H3. The van der Waals surface area contributed by atoms with Gasteiger partial charge in [0.25, 0.3) is 0 Å². The quantitative estimate of drug-likeness (QED) is 0.446. The van der Waals surface area contributed by atoms with Gasteiger partial charge in [-0.25, -0.2) is 0 Å². The van der Waals surface area contributed by atoms with Gasteiger partial charge in [-0.05, 0) is 43.9 Å². The van der Waals surface area contributed by atoms with Crippen LogP contribution in [-0.4, -0.2) is 39.4 Å². The summed E-state index contributed by atoms with van der Waals surface area (Å²) in [6.07, 6.45) is 0.439. The number of hydrogen-bond acceptors (Lipinski definition) is 5. The average Bonchev–Trinajstić information content (AvgIpc) is 2.84. The molecule has 5 nitrogen and oxygen atoms in total. The third-order valence-corrected chi connectivity index (χ3v) is 5.22. The number of ether oxygens (including phenoxy) is 3. The lowest BCUT2D eigenvalue weighted by Crippen LogP contribution is -2.47. The van der Waals surface area contributed by atoms with Crippen LogP contribution in [0, 0.1) is 10.8 Å². The van der Waals surface area contributed by atoms with Crippen molar-refractivity contribution in [3.63, 3.8) is 0 Å². The molecule has 2 rings (SSSR count). The molecule has 24 heavy (non-hydrogen) atoms. The number of hydrogen-bond donors (Lipinski definition) is 0. The summed E-state index contributed by atoms with van der Waals surface area (Å²) in [6.45, 7) is 1.78. The fourth-order valence-electron chi connectivity index (χ4n) is 3.67. The zero-order valence-electron chi connectivity index (χ0n) is 14.4. The van der Waals surface area contributed by atoms with Gasteiger partial charge in [0.15, 0.2) is 12.1 Å². The summed E-state index contributed by atoms with van der Waals surface area (Å²) in [6, 6.07) is 7.13. The molecule has 6 heteroatoms. The van der Waals surface area contributed by atoms with Gasteiger partial charge in [-0.2, -0.15) is 0 Å². The molecule has 132 valence electrons. The number of carbonyl (C=O) groups is 2. The van der Waals surface area contributed by atoms with E-state index in [1.807, 2.05) is 12.1 Å². The van der Waals surface area contributed by atoms with Crippen molar-refractivity contribution in [1.82, 2.24) is 0 Å². The van der Waals surface area contributed by atoms with Crippen molar-refractivity contribution in [2.75, 3.05) is 21.3 Å². The first-order chi connectivity index (χ1) is 11.3. The maximum Gasteiger partial charge on any atom is 0.319 e. The Morgan fingerprint density at radius 3 is 2.25 bits per heavy atom. The number of esters is 1. The van der Waals surface area contributed by atoms with Gasteiger partial charge in [-0.15, -0.1) is 0 Å². The number of ketones is 1. The van der Waals surface area contributed by atoms with Crippen LogP contribution in [0.3, 0.4) is 0 Å². The fraction of sp³-hybridized carbons (Fsp3) is 0.556. The Morgan fingerprint density at radius 2 is 1.75 bits per heavy atom. The molecule has 0 N–H and O–H groups in total. The van der Waals surface area contributed by atoms with Gasteiger partial charge in [-0.1, -0.05) is 23.7 Å². The Balaban J connectivity index is 2.41. The molecule has 0 spiro atoms. The number of halogens is 1. The molecule has 0 radical (unpaired) electrons. The molecule has 0 bridgehead atoms. The van der Waals surface area contributed by atoms with E-state index < -0.39 is 23.1 Å². The highest BCUT2D eigenvalue weighted by Gasteiger charge is 2.62. The SMILES string of the molecule is COC(=O)C1(Cc2ccc(Cl)cc2)CCC(C)(C(OC)OC)C1=O. The van der Waals surface area contributed by atoms with Crippen LogP contribution in [0.2, 0.25) is 5.02 Å². The first-order valence-corrected chi connectivity index (χ1v) is 8.15. The van der Waals surface area contributed by atoms with E-state index in [9.17, 15) is 9.59 Å². The zero-order chi connectivity index (χ0) is 18.0. The maximum absolute atomic E-state index is 13.3. The van der Waals surface area contributed by atoms with Gasteiger partial charge >= 0.3 is 5.97 Å². The van der Waals surface area contributed by atoms with E-state index in [-0.39, 0.29) is 12.2 Å². The van der Waals surface area contributed by atoms with E-state index in [0.29, 0.717) is 17.9 Å². The van der Waals surface area contributed by atoms with Gasteiger partial charge < -0.3 is 14.2 Å². The fourth-order valence-corrected chi connectivity index (χ4v) is 3.80. The minimum Gasteiger partial charge on any atom is -0.468 e. The number of benzene rings is 1. The van der Waals surface area contributed by atoms with Crippen molar-refractivity contribution < 1.29 is 23.8 Å². The lowest BCUT2D eigenvalue weighted by Gasteiger charge is -2.33. The van der Waals surface area contributed by atoms with E-state index in [1.54, 1.807) is 19.1 Å². The molecule has 2 unspecified atom stereocenters. The molecule has 1 saturated carbocycles. The summed E-state index contributed by atoms with van der Waals surface area (Å²) >= 11 is 5.91. The second-order valence-electron chi connectivity index (χ2n) is 6.43. The summed E-state index contributed by atoms with van der Waals surface area (Å²) in [5, 5.41) is 0.604. The minimum atomic E-state index is -1.23. The molecular formula is C18H23ClO5. The molecule has 0 aliphatic heterocycles. The van der Waals surface area contributed by atoms with Gasteiger partial charge in [0.05, 0.1) is 12.5 Å². The zero-order valence-corrected chi connectivity index (χ0v) is 15.2. The predicted octanol–water partition coefficient (Wildman–Crippen LogP) is 3.03. The Morgan fingerprint density at radius 1 is 1.17 bits per heavy atom. The molecule has 1 fully saturated rings.